The number of anilines is 1. The molecule has 1 aromatic carbocycles. The number of carboxylic acids is 1. The highest BCUT2D eigenvalue weighted by Crippen LogP contribution is 2.20. The Morgan fingerprint density at radius 1 is 1.05 bits per heavy atom. The van der Waals surface area contributed by atoms with Gasteiger partial charge in [-0.15, -0.1) is 11.3 Å². The Hall–Kier alpha value is -2.14. The van der Waals surface area contributed by atoms with Crippen molar-refractivity contribution in [3.05, 3.63) is 51.7 Å². The quantitative estimate of drug-likeness (QED) is 0.899. The monoisotopic (exact) mass is 289 g/mol. The van der Waals surface area contributed by atoms with Crippen molar-refractivity contribution in [1.29, 1.82) is 0 Å². The first-order valence-electron chi connectivity index (χ1n) is 6.22. The normalized spacial score (nSPS) is 10.6. The van der Waals surface area contributed by atoms with Crippen LogP contribution in [0.1, 0.15) is 44.7 Å². The maximum atomic E-state index is 12.0. The summed E-state index contributed by atoms with van der Waals surface area (Å²) in [5, 5.41) is 11.6. The fourth-order valence-electron chi connectivity index (χ4n) is 1.72. The predicted octanol–water partition coefficient (Wildman–Crippen LogP) is 3.82. The van der Waals surface area contributed by atoms with Crippen molar-refractivity contribution in [2.45, 2.75) is 19.8 Å². The van der Waals surface area contributed by atoms with E-state index in [1.165, 1.54) is 17.7 Å². The number of carbonyl (C=O) groups excluding carboxylic acids is 1. The lowest BCUT2D eigenvalue weighted by molar-refractivity contribution is 0.0702. The molecule has 2 N–H and O–H groups in total. The number of hydrogen-bond donors (Lipinski definition) is 2. The van der Waals surface area contributed by atoms with Gasteiger partial charge in [-0.25, -0.2) is 4.79 Å². The highest BCUT2D eigenvalue weighted by molar-refractivity contribution is 7.15. The van der Waals surface area contributed by atoms with Gasteiger partial charge in [0.25, 0.3) is 5.91 Å². The number of thiophene rings is 1. The molecule has 0 bridgehead atoms. The van der Waals surface area contributed by atoms with Crippen LogP contribution in [0.5, 0.6) is 0 Å². The zero-order valence-electron chi connectivity index (χ0n) is 11.2. The maximum absolute atomic E-state index is 12.0. The molecule has 0 fully saturated rings. The molecule has 0 aliphatic rings. The highest BCUT2D eigenvalue weighted by Gasteiger charge is 2.13. The second-order valence-electron chi connectivity index (χ2n) is 4.70. The molecular formula is C15H15NO3S. The molecule has 0 unspecified atom stereocenters. The molecule has 0 saturated carbocycles. The van der Waals surface area contributed by atoms with Crippen LogP contribution in [0.4, 0.5) is 5.69 Å². The second kappa shape index (κ2) is 5.88. The smallest absolute Gasteiger partial charge is 0.345 e. The van der Waals surface area contributed by atoms with Crippen molar-refractivity contribution in [3.63, 3.8) is 0 Å². The van der Waals surface area contributed by atoms with Gasteiger partial charge < -0.3 is 10.4 Å². The molecule has 4 nitrogen and oxygen atoms in total. The lowest BCUT2D eigenvalue weighted by atomic mass is 10.0. The summed E-state index contributed by atoms with van der Waals surface area (Å²) in [4.78, 5) is 23.3. The number of aromatic carboxylic acids is 1. The minimum Gasteiger partial charge on any atom is -0.477 e. The van der Waals surface area contributed by atoms with Crippen LogP contribution < -0.4 is 5.32 Å². The molecule has 0 atom stereocenters. The summed E-state index contributed by atoms with van der Waals surface area (Å²) in [6, 6.07) is 10.6. The first kappa shape index (κ1) is 14.3. The number of amides is 1. The van der Waals surface area contributed by atoms with E-state index < -0.39 is 5.97 Å². The van der Waals surface area contributed by atoms with Crippen molar-refractivity contribution in [2.75, 3.05) is 5.32 Å². The van der Waals surface area contributed by atoms with Crippen LogP contribution in [-0.4, -0.2) is 17.0 Å². The zero-order chi connectivity index (χ0) is 14.7. The molecule has 20 heavy (non-hydrogen) atoms. The Bertz CT molecular complexity index is 629. The first-order chi connectivity index (χ1) is 9.47. The predicted molar refractivity (Wildman–Crippen MR) is 79.8 cm³/mol. The second-order valence-corrected chi connectivity index (χ2v) is 5.78. The maximum Gasteiger partial charge on any atom is 0.345 e. The van der Waals surface area contributed by atoms with Gasteiger partial charge in [0.05, 0.1) is 4.88 Å². The van der Waals surface area contributed by atoms with Crippen LogP contribution in [0.3, 0.4) is 0 Å². The Morgan fingerprint density at radius 2 is 1.65 bits per heavy atom. The summed E-state index contributed by atoms with van der Waals surface area (Å²) in [6.07, 6.45) is 0. The largest absolute Gasteiger partial charge is 0.477 e. The number of carboxylic acid groups (broad SMARTS) is 1. The van der Waals surface area contributed by atoms with Gasteiger partial charge >= 0.3 is 5.97 Å². The van der Waals surface area contributed by atoms with Gasteiger partial charge in [-0.05, 0) is 35.7 Å². The van der Waals surface area contributed by atoms with E-state index >= 15 is 0 Å². The molecule has 1 aromatic heterocycles. The molecule has 2 rings (SSSR count). The minimum absolute atomic E-state index is 0.158. The zero-order valence-corrected chi connectivity index (χ0v) is 12.0. The molecular weight excluding hydrogens is 274 g/mol. The molecule has 0 aliphatic heterocycles. The molecule has 0 radical (unpaired) electrons. The average molecular weight is 289 g/mol. The molecule has 0 aliphatic carbocycles. The average Bonchev–Trinajstić information content (AvgIpc) is 2.89. The van der Waals surface area contributed by atoms with Gasteiger partial charge in [-0.2, -0.15) is 0 Å². The van der Waals surface area contributed by atoms with Crippen LogP contribution in [-0.2, 0) is 0 Å². The Kier molecular flexibility index (Phi) is 4.20. The summed E-state index contributed by atoms with van der Waals surface area (Å²) in [7, 11) is 0. The van der Waals surface area contributed by atoms with Crippen LogP contribution in [0.15, 0.2) is 36.4 Å². The first-order valence-corrected chi connectivity index (χ1v) is 7.03. The molecule has 1 heterocycles. The number of hydrogen-bond acceptors (Lipinski definition) is 3. The van der Waals surface area contributed by atoms with Gasteiger partial charge in [-0.3, -0.25) is 4.79 Å². The Balaban J connectivity index is 2.08. The van der Waals surface area contributed by atoms with Crippen molar-refractivity contribution < 1.29 is 14.7 Å². The van der Waals surface area contributed by atoms with Crippen LogP contribution >= 0.6 is 11.3 Å². The summed E-state index contributed by atoms with van der Waals surface area (Å²) >= 11 is 0.965. The van der Waals surface area contributed by atoms with Gasteiger partial charge in [0.15, 0.2) is 0 Å². The van der Waals surface area contributed by atoms with E-state index in [1.54, 1.807) is 0 Å². The fraction of sp³-hybridized carbons (Fsp3) is 0.200. The van der Waals surface area contributed by atoms with E-state index in [0.717, 1.165) is 11.3 Å². The molecule has 0 spiro atoms. The van der Waals surface area contributed by atoms with Gasteiger partial charge in [0.2, 0.25) is 0 Å². The van der Waals surface area contributed by atoms with Gasteiger partial charge in [-0.1, -0.05) is 26.0 Å². The van der Waals surface area contributed by atoms with Crippen LogP contribution in [0.25, 0.3) is 0 Å². The van der Waals surface area contributed by atoms with Crippen molar-refractivity contribution in [1.82, 2.24) is 0 Å². The van der Waals surface area contributed by atoms with Crippen LogP contribution in [0.2, 0.25) is 0 Å². The minimum atomic E-state index is -1.02. The number of nitrogens with one attached hydrogen (secondary N) is 1. The third-order valence-corrected chi connectivity index (χ3v) is 3.95. The van der Waals surface area contributed by atoms with Crippen molar-refractivity contribution >= 4 is 28.9 Å². The van der Waals surface area contributed by atoms with E-state index in [1.807, 2.05) is 24.3 Å². The van der Waals surface area contributed by atoms with E-state index in [2.05, 4.69) is 19.2 Å². The van der Waals surface area contributed by atoms with Gasteiger partial charge in [0, 0.05) is 5.69 Å². The molecule has 2 aromatic rings. The van der Waals surface area contributed by atoms with Gasteiger partial charge in [0.1, 0.15) is 4.88 Å². The molecule has 104 valence electrons. The standard InChI is InChI=1S/C15H15NO3S/c1-9(2)10-3-5-11(6-4-10)16-14(17)12-7-8-13(20-12)15(18)19/h3-9H,1-2H3,(H,16,17)(H,18,19). The van der Waals surface area contributed by atoms with E-state index in [9.17, 15) is 9.59 Å². The molecule has 5 heteroatoms. The van der Waals surface area contributed by atoms with E-state index in [0.29, 0.717) is 16.5 Å². The van der Waals surface area contributed by atoms with E-state index in [4.69, 9.17) is 5.11 Å². The Labute approximate surface area is 121 Å². The summed E-state index contributed by atoms with van der Waals surface area (Å²) in [5.74, 6) is -0.870. The lowest BCUT2D eigenvalue weighted by Gasteiger charge is -2.07. The molecule has 1 amide bonds. The van der Waals surface area contributed by atoms with Crippen molar-refractivity contribution in [3.8, 4) is 0 Å². The topological polar surface area (TPSA) is 66.4 Å². The number of rotatable bonds is 4. The summed E-state index contributed by atoms with van der Waals surface area (Å²) in [6.45, 7) is 4.21. The third kappa shape index (κ3) is 3.24. The number of benzene rings is 1. The van der Waals surface area contributed by atoms with Crippen molar-refractivity contribution in [2.24, 2.45) is 0 Å². The summed E-state index contributed by atoms with van der Waals surface area (Å²) < 4.78 is 0. The van der Waals surface area contributed by atoms with Crippen LogP contribution in [0, 0.1) is 0 Å². The molecule has 0 saturated heterocycles. The summed E-state index contributed by atoms with van der Waals surface area (Å²) in [5.41, 5.74) is 1.90. The number of carbonyl (C=O) groups is 2. The third-order valence-electron chi connectivity index (χ3n) is 2.88. The van der Waals surface area contributed by atoms with E-state index in [-0.39, 0.29) is 10.8 Å². The fourth-order valence-corrected chi connectivity index (χ4v) is 2.46. The lowest BCUT2D eigenvalue weighted by Crippen LogP contribution is -2.10. The highest BCUT2D eigenvalue weighted by atomic mass is 32.1. The Morgan fingerprint density at radius 3 is 2.15 bits per heavy atom. The SMILES string of the molecule is CC(C)c1ccc(NC(=O)c2ccc(C(=O)O)s2)cc1.